The van der Waals surface area contributed by atoms with E-state index in [0.717, 1.165) is 11.3 Å². The van der Waals surface area contributed by atoms with Crippen molar-refractivity contribution in [2.75, 3.05) is 18.9 Å². The van der Waals surface area contributed by atoms with Crippen LogP contribution in [0.4, 0.5) is 5.69 Å². The molecule has 90 valence electrons. The van der Waals surface area contributed by atoms with Crippen LogP contribution in [0.2, 0.25) is 0 Å². The molecular formula is C12H15N3O2. The molecule has 2 rings (SSSR count). The Hall–Kier alpha value is -1.88. The maximum atomic E-state index is 11.5. The number of anilines is 1. The number of nitrogens with zero attached hydrogens (tertiary/aromatic N) is 2. The van der Waals surface area contributed by atoms with Crippen molar-refractivity contribution in [3.8, 4) is 0 Å². The van der Waals surface area contributed by atoms with Crippen LogP contribution in [0.3, 0.4) is 0 Å². The van der Waals surface area contributed by atoms with Crippen LogP contribution in [0, 0.1) is 0 Å². The SMILES string of the molecule is Nc1ccc(C2=NN(CCO)C(=O)CC2)cc1. The molecule has 1 aromatic rings. The largest absolute Gasteiger partial charge is 0.399 e. The number of aliphatic hydroxyl groups excluding tert-OH is 1. The highest BCUT2D eigenvalue weighted by Gasteiger charge is 2.20. The molecule has 0 radical (unpaired) electrons. The zero-order chi connectivity index (χ0) is 12.3. The third-order valence-corrected chi connectivity index (χ3v) is 2.66. The van der Waals surface area contributed by atoms with Gasteiger partial charge in [-0.05, 0) is 17.7 Å². The van der Waals surface area contributed by atoms with Crippen LogP contribution < -0.4 is 5.73 Å². The van der Waals surface area contributed by atoms with Crippen LogP contribution in [0.1, 0.15) is 18.4 Å². The highest BCUT2D eigenvalue weighted by molar-refractivity contribution is 6.04. The summed E-state index contributed by atoms with van der Waals surface area (Å²) in [7, 11) is 0. The lowest BCUT2D eigenvalue weighted by Gasteiger charge is -2.22. The summed E-state index contributed by atoms with van der Waals surface area (Å²) in [6.45, 7) is 0.168. The number of nitrogen functional groups attached to an aromatic ring is 1. The first-order valence-electron chi connectivity index (χ1n) is 5.55. The van der Waals surface area contributed by atoms with E-state index in [2.05, 4.69) is 5.10 Å². The Morgan fingerprint density at radius 2 is 2.00 bits per heavy atom. The fourth-order valence-electron chi connectivity index (χ4n) is 1.75. The van der Waals surface area contributed by atoms with Gasteiger partial charge >= 0.3 is 0 Å². The molecule has 0 spiro atoms. The highest BCUT2D eigenvalue weighted by atomic mass is 16.3. The molecule has 17 heavy (non-hydrogen) atoms. The third-order valence-electron chi connectivity index (χ3n) is 2.66. The van der Waals surface area contributed by atoms with E-state index in [0.29, 0.717) is 18.5 Å². The quantitative estimate of drug-likeness (QED) is 0.750. The fourth-order valence-corrected chi connectivity index (χ4v) is 1.75. The van der Waals surface area contributed by atoms with Gasteiger partial charge in [-0.25, -0.2) is 5.01 Å². The molecule has 1 aliphatic heterocycles. The number of amides is 1. The first kappa shape index (κ1) is 11.6. The van der Waals surface area contributed by atoms with Gasteiger partial charge in [-0.3, -0.25) is 4.79 Å². The number of hydrogen-bond donors (Lipinski definition) is 2. The Labute approximate surface area is 99.5 Å². The normalized spacial score (nSPS) is 15.9. The molecule has 0 atom stereocenters. The van der Waals surface area contributed by atoms with Crippen LogP contribution in [0.15, 0.2) is 29.4 Å². The smallest absolute Gasteiger partial charge is 0.243 e. The molecule has 0 saturated heterocycles. The van der Waals surface area contributed by atoms with Gasteiger partial charge in [0.2, 0.25) is 5.91 Å². The van der Waals surface area contributed by atoms with Gasteiger partial charge in [0.1, 0.15) is 0 Å². The lowest BCUT2D eigenvalue weighted by molar-refractivity contribution is -0.132. The zero-order valence-corrected chi connectivity index (χ0v) is 9.47. The van der Waals surface area contributed by atoms with E-state index < -0.39 is 0 Å². The number of aliphatic hydroxyl groups is 1. The molecule has 0 fully saturated rings. The molecule has 0 bridgehead atoms. The summed E-state index contributed by atoms with van der Waals surface area (Å²) < 4.78 is 0. The average molecular weight is 233 g/mol. The fraction of sp³-hybridized carbons (Fsp3) is 0.333. The minimum Gasteiger partial charge on any atom is -0.399 e. The number of β-amino-alcohol motifs (C(OH)–C–C–N with tert-alkyl or cyclic N) is 1. The summed E-state index contributed by atoms with van der Waals surface area (Å²) in [5.41, 5.74) is 8.14. The molecule has 1 aliphatic rings. The number of hydrogen-bond acceptors (Lipinski definition) is 4. The summed E-state index contributed by atoms with van der Waals surface area (Å²) in [5.74, 6) is -0.0433. The molecule has 5 heteroatoms. The Kier molecular flexibility index (Phi) is 3.39. The molecule has 1 aromatic carbocycles. The van der Waals surface area contributed by atoms with Crippen molar-refractivity contribution in [3.05, 3.63) is 29.8 Å². The number of hydrazone groups is 1. The topological polar surface area (TPSA) is 78.9 Å². The number of carbonyl (C=O) groups is 1. The number of rotatable bonds is 3. The van der Waals surface area contributed by atoms with Crippen molar-refractivity contribution in [3.63, 3.8) is 0 Å². The Morgan fingerprint density at radius 1 is 1.29 bits per heavy atom. The second kappa shape index (κ2) is 4.97. The molecule has 0 aliphatic carbocycles. The molecule has 1 heterocycles. The predicted molar refractivity (Wildman–Crippen MR) is 65.4 cm³/mol. The van der Waals surface area contributed by atoms with Crippen LogP contribution in [-0.2, 0) is 4.79 Å². The van der Waals surface area contributed by atoms with Crippen LogP contribution in [-0.4, -0.2) is 34.9 Å². The van der Waals surface area contributed by atoms with Crippen LogP contribution in [0.5, 0.6) is 0 Å². The number of carbonyl (C=O) groups excluding carboxylic acids is 1. The van der Waals surface area contributed by atoms with E-state index in [-0.39, 0.29) is 19.1 Å². The standard InChI is InChI=1S/C12H15N3O2/c13-10-3-1-9(2-4-10)11-5-6-12(17)15(14-11)7-8-16/h1-4,16H,5-8,13H2. The first-order valence-corrected chi connectivity index (χ1v) is 5.55. The van der Waals surface area contributed by atoms with E-state index in [4.69, 9.17) is 10.8 Å². The van der Waals surface area contributed by atoms with Crippen LogP contribution >= 0.6 is 0 Å². The van der Waals surface area contributed by atoms with E-state index in [1.807, 2.05) is 24.3 Å². The van der Waals surface area contributed by atoms with Gasteiger partial charge in [-0.15, -0.1) is 0 Å². The molecule has 3 N–H and O–H groups in total. The van der Waals surface area contributed by atoms with Gasteiger partial charge in [-0.2, -0.15) is 5.10 Å². The molecule has 0 aromatic heterocycles. The first-order chi connectivity index (χ1) is 8.20. The van der Waals surface area contributed by atoms with Gasteiger partial charge in [0.25, 0.3) is 0 Å². The monoisotopic (exact) mass is 233 g/mol. The lowest BCUT2D eigenvalue weighted by Crippen LogP contribution is -2.34. The summed E-state index contributed by atoms with van der Waals surface area (Å²) in [5, 5.41) is 14.4. The zero-order valence-electron chi connectivity index (χ0n) is 9.47. The van der Waals surface area contributed by atoms with Gasteiger partial charge in [0.05, 0.1) is 18.9 Å². The molecular weight excluding hydrogens is 218 g/mol. The number of benzene rings is 1. The van der Waals surface area contributed by atoms with Crippen LogP contribution in [0.25, 0.3) is 0 Å². The number of nitrogens with two attached hydrogens (primary N) is 1. The lowest BCUT2D eigenvalue weighted by atomic mass is 10.0. The maximum Gasteiger partial charge on any atom is 0.243 e. The summed E-state index contributed by atoms with van der Waals surface area (Å²) in [4.78, 5) is 11.5. The van der Waals surface area contributed by atoms with Crippen molar-refractivity contribution < 1.29 is 9.90 Å². The maximum absolute atomic E-state index is 11.5. The third kappa shape index (κ3) is 2.62. The summed E-state index contributed by atoms with van der Waals surface area (Å²) in [6.07, 6.45) is 1.06. The van der Waals surface area contributed by atoms with E-state index >= 15 is 0 Å². The Balaban J connectivity index is 2.23. The van der Waals surface area contributed by atoms with Crippen molar-refractivity contribution in [2.45, 2.75) is 12.8 Å². The second-order valence-electron chi connectivity index (χ2n) is 3.91. The van der Waals surface area contributed by atoms with Crippen molar-refractivity contribution >= 4 is 17.3 Å². The molecule has 1 amide bonds. The van der Waals surface area contributed by atoms with Gasteiger partial charge < -0.3 is 10.8 Å². The minimum atomic E-state index is -0.0791. The summed E-state index contributed by atoms with van der Waals surface area (Å²) >= 11 is 0. The minimum absolute atomic E-state index is 0.0433. The van der Waals surface area contributed by atoms with E-state index in [1.54, 1.807) is 0 Å². The van der Waals surface area contributed by atoms with Crippen molar-refractivity contribution in [2.24, 2.45) is 5.10 Å². The second-order valence-corrected chi connectivity index (χ2v) is 3.91. The molecule has 0 unspecified atom stereocenters. The van der Waals surface area contributed by atoms with E-state index in [9.17, 15) is 4.79 Å². The summed E-state index contributed by atoms with van der Waals surface area (Å²) in [6, 6.07) is 7.40. The van der Waals surface area contributed by atoms with Gasteiger partial charge in [0.15, 0.2) is 0 Å². The van der Waals surface area contributed by atoms with Gasteiger partial charge in [0, 0.05) is 18.5 Å². The van der Waals surface area contributed by atoms with E-state index in [1.165, 1.54) is 5.01 Å². The van der Waals surface area contributed by atoms with Crippen molar-refractivity contribution in [1.82, 2.24) is 5.01 Å². The average Bonchev–Trinajstić information content (AvgIpc) is 2.33. The van der Waals surface area contributed by atoms with Gasteiger partial charge in [-0.1, -0.05) is 12.1 Å². The predicted octanol–water partition coefficient (Wildman–Crippen LogP) is 0.588. The molecule has 0 saturated carbocycles. The highest BCUT2D eigenvalue weighted by Crippen LogP contribution is 2.16. The Bertz CT molecular complexity index is 440. The Morgan fingerprint density at radius 3 is 2.65 bits per heavy atom. The van der Waals surface area contributed by atoms with Crippen molar-refractivity contribution in [1.29, 1.82) is 0 Å². The molecule has 5 nitrogen and oxygen atoms in total.